The molecular formula is C13H9BrN4O2. The molecule has 0 spiro atoms. The molecule has 1 aromatic carbocycles. The van der Waals surface area contributed by atoms with Gasteiger partial charge in [-0.15, -0.1) is 0 Å². The van der Waals surface area contributed by atoms with Crippen molar-refractivity contribution in [3.05, 3.63) is 56.7 Å². The first-order valence-corrected chi connectivity index (χ1v) is 6.36. The summed E-state index contributed by atoms with van der Waals surface area (Å²) in [4.78, 5) is 16.0. The fraction of sp³-hybridized carbons (Fsp3) is 0.0769. The Morgan fingerprint density at radius 1 is 1.40 bits per heavy atom. The maximum absolute atomic E-state index is 10.7. The van der Waals surface area contributed by atoms with Gasteiger partial charge < -0.3 is 4.90 Å². The van der Waals surface area contributed by atoms with E-state index in [0.717, 1.165) is 5.69 Å². The topological polar surface area (TPSA) is 83.1 Å². The van der Waals surface area contributed by atoms with E-state index >= 15 is 0 Å². The molecule has 1 aromatic heterocycles. The lowest BCUT2D eigenvalue weighted by atomic mass is 10.2. The molecule has 0 fully saturated rings. The molecule has 0 unspecified atom stereocenters. The zero-order chi connectivity index (χ0) is 14.7. The Morgan fingerprint density at radius 3 is 2.55 bits per heavy atom. The number of benzene rings is 1. The van der Waals surface area contributed by atoms with E-state index in [1.807, 2.05) is 6.07 Å². The van der Waals surface area contributed by atoms with Gasteiger partial charge in [-0.2, -0.15) is 5.26 Å². The summed E-state index contributed by atoms with van der Waals surface area (Å²) in [6.45, 7) is 0. The third-order valence-corrected chi connectivity index (χ3v) is 3.30. The summed E-state index contributed by atoms with van der Waals surface area (Å²) in [5, 5.41) is 19.4. The van der Waals surface area contributed by atoms with E-state index in [4.69, 9.17) is 5.26 Å². The Morgan fingerprint density at radius 2 is 2.05 bits per heavy atom. The molecule has 6 nitrogen and oxygen atoms in total. The molecule has 100 valence electrons. The van der Waals surface area contributed by atoms with Crippen molar-refractivity contribution in [3.8, 4) is 6.07 Å². The number of anilines is 2. The van der Waals surface area contributed by atoms with Crippen LogP contribution in [-0.4, -0.2) is 17.0 Å². The molecule has 2 rings (SSSR count). The van der Waals surface area contributed by atoms with Crippen LogP contribution in [0.15, 0.2) is 41.0 Å². The van der Waals surface area contributed by atoms with Crippen LogP contribution in [0, 0.1) is 21.4 Å². The monoisotopic (exact) mass is 332 g/mol. The van der Waals surface area contributed by atoms with Gasteiger partial charge in [-0.25, -0.2) is 4.98 Å². The molecule has 0 aliphatic carbocycles. The predicted octanol–water partition coefficient (Wildman–Crippen LogP) is 3.39. The Bertz CT molecular complexity index is 695. The Labute approximate surface area is 123 Å². The molecule has 0 atom stereocenters. The predicted molar refractivity (Wildman–Crippen MR) is 77.8 cm³/mol. The van der Waals surface area contributed by atoms with Crippen LogP contribution in [-0.2, 0) is 0 Å². The molecule has 0 aliphatic rings. The lowest BCUT2D eigenvalue weighted by Gasteiger charge is -2.19. The van der Waals surface area contributed by atoms with Gasteiger partial charge in [0.2, 0.25) is 0 Å². The molecule has 1 heterocycles. The van der Waals surface area contributed by atoms with Gasteiger partial charge in [0.15, 0.2) is 0 Å². The summed E-state index contributed by atoms with van der Waals surface area (Å²) in [6, 6.07) is 10.4. The SMILES string of the molecule is CN(c1ccc(C#N)cc1)c1ncc([N+](=O)[O-])cc1Br. The van der Waals surface area contributed by atoms with Gasteiger partial charge in [0.25, 0.3) is 5.69 Å². The number of nitriles is 1. The summed E-state index contributed by atoms with van der Waals surface area (Å²) in [5.41, 5.74) is 1.32. The molecule has 7 heteroatoms. The number of nitro groups is 1. The summed E-state index contributed by atoms with van der Waals surface area (Å²) in [6.07, 6.45) is 1.21. The molecule has 0 radical (unpaired) electrons. The van der Waals surface area contributed by atoms with Crippen molar-refractivity contribution in [1.29, 1.82) is 5.26 Å². The van der Waals surface area contributed by atoms with Crippen molar-refractivity contribution in [2.24, 2.45) is 0 Å². The first kappa shape index (κ1) is 14.0. The van der Waals surface area contributed by atoms with E-state index in [-0.39, 0.29) is 5.69 Å². The van der Waals surface area contributed by atoms with Crippen molar-refractivity contribution in [2.75, 3.05) is 11.9 Å². The molecule has 0 N–H and O–H groups in total. The summed E-state index contributed by atoms with van der Waals surface area (Å²) in [5.74, 6) is 0.556. The molecule has 0 bridgehead atoms. The summed E-state index contributed by atoms with van der Waals surface area (Å²) in [7, 11) is 1.79. The Kier molecular flexibility index (Phi) is 3.96. The molecule has 0 saturated heterocycles. The van der Waals surface area contributed by atoms with Gasteiger partial charge in [0.1, 0.15) is 12.0 Å². The second-order valence-electron chi connectivity index (χ2n) is 3.97. The quantitative estimate of drug-likeness (QED) is 0.635. The lowest BCUT2D eigenvalue weighted by molar-refractivity contribution is -0.385. The first-order chi connectivity index (χ1) is 9.52. The smallest absolute Gasteiger partial charge is 0.288 e. The number of halogens is 1. The minimum Gasteiger partial charge on any atom is -0.329 e. The van der Waals surface area contributed by atoms with Crippen LogP contribution in [0.2, 0.25) is 0 Å². The Hall–Kier alpha value is -2.46. The number of rotatable bonds is 3. The lowest BCUT2D eigenvalue weighted by Crippen LogP contribution is -2.12. The molecular weight excluding hydrogens is 324 g/mol. The van der Waals surface area contributed by atoms with Crippen molar-refractivity contribution in [2.45, 2.75) is 0 Å². The normalized spacial score (nSPS) is 9.85. The van der Waals surface area contributed by atoms with Crippen LogP contribution in [0.25, 0.3) is 0 Å². The first-order valence-electron chi connectivity index (χ1n) is 5.56. The Balaban J connectivity index is 2.35. The fourth-order valence-corrected chi connectivity index (χ4v) is 2.25. The van der Waals surface area contributed by atoms with Crippen LogP contribution >= 0.6 is 15.9 Å². The number of hydrogen-bond acceptors (Lipinski definition) is 5. The van der Waals surface area contributed by atoms with Gasteiger partial charge in [0, 0.05) is 18.8 Å². The molecule has 0 saturated carbocycles. The summed E-state index contributed by atoms with van der Waals surface area (Å²) >= 11 is 3.28. The van der Waals surface area contributed by atoms with E-state index in [9.17, 15) is 10.1 Å². The van der Waals surface area contributed by atoms with E-state index in [2.05, 4.69) is 20.9 Å². The third-order valence-electron chi connectivity index (χ3n) is 2.72. The van der Waals surface area contributed by atoms with Gasteiger partial charge >= 0.3 is 0 Å². The van der Waals surface area contributed by atoms with Gasteiger partial charge in [-0.3, -0.25) is 10.1 Å². The number of nitrogens with zero attached hydrogens (tertiary/aromatic N) is 4. The highest BCUT2D eigenvalue weighted by atomic mass is 79.9. The minimum atomic E-state index is -0.497. The fourth-order valence-electron chi connectivity index (χ4n) is 1.65. The van der Waals surface area contributed by atoms with Crippen LogP contribution in [0.1, 0.15) is 5.56 Å². The highest BCUT2D eigenvalue weighted by Crippen LogP contribution is 2.31. The van der Waals surface area contributed by atoms with Crippen molar-refractivity contribution >= 4 is 33.1 Å². The van der Waals surface area contributed by atoms with E-state index in [1.54, 1.807) is 36.2 Å². The zero-order valence-corrected chi connectivity index (χ0v) is 12.0. The third kappa shape index (κ3) is 2.75. The van der Waals surface area contributed by atoms with E-state index < -0.39 is 4.92 Å². The average Bonchev–Trinajstić information content (AvgIpc) is 2.46. The second kappa shape index (κ2) is 5.67. The van der Waals surface area contributed by atoms with Crippen molar-refractivity contribution in [3.63, 3.8) is 0 Å². The van der Waals surface area contributed by atoms with Gasteiger partial charge in [-0.05, 0) is 40.2 Å². The average molecular weight is 333 g/mol. The standard InChI is InChI=1S/C13H9BrN4O2/c1-17(10-4-2-9(7-15)3-5-10)13-12(14)6-11(8-16-13)18(19)20/h2-6,8H,1H3. The van der Waals surface area contributed by atoms with Crippen LogP contribution in [0.4, 0.5) is 17.2 Å². The minimum absolute atomic E-state index is 0.0751. The molecule has 0 aliphatic heterocycles. The maximum atomic E-state index is 10.7. The van der Waals surface area contributed by atoms with Crippen LogP contribution in [0.3, 0.4) is 0 Å². The largest absolute Gasteiger partial charge is 0.329 e. The van der Waals surface area contributed by atoms with E-state index in [1.165, 1.54) is 12.3 Å². The molecule has 2 aromatic rings. The van der Waals surface area contributed by atoms with Crippen molar-refractivity contribution < 1.29 is 4.92 Å². The number of hydrogen-bond donors (Lipinski definition) is 0. The second-order valence-corrected chi connectivity index (χ2v) is 4.83. The van der Waals surface area contributed by atoms with Gasteiger partial charge in [-0.1, -0.05) is 0 Å². The highest BCUT2D eigenvalue weighted by molar-refractivity contribution is 9.10. The molecule has 0 amide bonds. The number of pyridine rings is 1. The maximum Gasteiger partial charge on any atom is 0.288 e. The number of aromatic nitrogens is 1. The van der Waals surface area contributed by atoms with Crippen LogP contribution in [0.5, 0.6) is 0 Å². The van der Waals surface area contributed by atoms with Crippen molar-refractivity contribution in [1.82, 2.24) is 4.98 Å². The van der Waals surface area contributed by atoms with E-state index in [0.29, 0.717) is 15.9 Å². The molecule has 20 heavy (non-hydrogen) atoms. The summed E-state index contributed by atoms with van der Waals surface area (Å²) < 4.78 is 0.526. The zero-order valence-electron chi connectivity index (χ0n) is 10.4. The van der Waals surface area contributed by atoms with Gasteiger partial charge in [0.05, 0.1) is 21.0 Å². The highest BCUT2D eigenvalue weighted by Gasteiger charge is 2.14. The van der Waals surface area contributed by atoms with Crippen LogP contribution < -0.4 is 4.90 Å².